The summed E-state index contributed by atoms with van der Waals surface area (Å²) in [7, 11) is 1.37. The number of nitrogens with zero attached hydrogens (tertiary/aromatic N) is 2. The Morgan fingerprint density at radius 3 is 2.45 bits per heavy atom. The van der Waals surface area contributed by atoms with Crippen LogP contribution in [-0.2, 0) is 11.0 Å². The van der Waals surface area contributed by atoms with E-state index in [1.807, 2.05) is 0 Å². The molecule has 0 atom stereocenters. The Bertz CT molecular complexity index is 982. The standard InChI is InChI=1S/C17H14ClF3N4O4/c1-24(13-5-2-9(16(22)27)6-14(13)25(28)29)8-15(26)23-10-3-4-12(18)11(7-10)17(19,20)21/h2-7H,8H2,1H3,(H2,22,27)(H,23,26). The minimum Gasteiger partial charge on any atom is -0.366 e. The SMILES string of the molecule is CN(CC(=O)Nc1ccc(Cl)c(C(F)(F)F)c1)c1ccc(C(N)=O)cc1[N+](=O)[O-]. The number of alkyl halides is 3. The van der Waals surface area contributed by atoms with Gasteiger partial charge in [-0.05, 0) is 30.3 Å². The molecule has 2 aromatic carbocycles. The van der Waals surface area contributed by atoms with Crippen molar-refractivity contribution in [2.45, 2.75) is 6.18 Å². The number of hydrogen-bond donors (Lipinski definition) is 2. The summed E-state index contributed by atoms with van der Waals surface area (Å²) in [6.45, 7) is -0.416. The number of halogens is 4. The summed E-state index contributed by atoms with van der Waals surface area (Å²) in [5.41, 5.74) is 3.33. The molecule has 29 heavy (non-hydrogen) atoms. The maximum absolute atomic E-state index is 12.9. The van der Waals surface area contributed by atoms with Crippen LogP contribution in [0.4, 0.5) is 30.2 Å². The zero-order valence-corrected chi connectivity index (χ0v) is 15.5. The van der Waals surface area contributed by atoms with Gasteiger partial charge in [0.15, 0.2) is 0 Å². The van der Waals surface area contributed by atoms with E-state index in [9.17, 15) is 32.9 Å². The average molecular weight is 431 g/mol. The lowest BCUT2D eigenvalue weighted by Crippen LogP contribution is -2.30. The van der Waals surface area contributed by atoms with Crippen LogP contribution in [0.3, 0.4) is 0 Å². The van der Waals surface area contributed by atoms with E-state index < -0.39 is 45.7 Å². The number of likely N-dealkylation sites (N-methyl/N-ethyl adjacent to an activating group) is 1. The molecule has 0 radical (unpaired) electrons. The molecule has 0 saturated carbocycles. The van der Waals surface area contributed by atoms with Gasteiger partial charge in [0.1, 0.15) is 5.69 Å². The number of amides is 2. The lowest BCUT2D eigenvalue weighted by molar-refractivity contribution is -0.384. The Hall–Kier alpha value is -3.34. The molecule has 0 aliphatic rings. The highest BCUT2D eigenvalue weighted by molar-refractivity contribution is 6.31. The van der Waals surface area contributed by atoms with Gasteiger partial charge in [0.25, 0.3) is 5.69 Å². The van der Waals surface area contributed by atoms with Crippen LogP contribution in [0.25, 0.3) is 0 Å². The van der Waals surface area contributed by atoms with Gasteiger partial charge < -0.3 is 16.0 Å². The Balaban J connectivity index is 2.20. The van der Waals surface area contributed by atoms with Crippen molar-refractivity contribution in [3.63, 3.8) is 0 Å². The smallest absolute Gasteiger partial charge is 0.366 e. The second-order valence-corrected chi connectivity index (χ2v) is 6.33. The molecule has 2 amide bonds. The van der Waals surface area contributed by atoms with Crippen LogP contribution in [0.15, 0.2) is 36.4 Å². The van der Waals surface area contributed by atoms with Gasteiger partial charge in [0.2, 0.25) is 11.8 Å². The Morgan fingerprint density at radius 2 is 1.90 bits per heavy atom. The molecule has 0 unspecified atom stereocenters. The normalized spacial score (nSPS) is 11.1. The Morgan fingerprint density at radius 1 is 1.24 bits per heavy atom. The van der Waals surface area contributed by atoms with E-state index in [1.165, 1.54) is 30.1 Å². The predicted octanol–water partition coefficient (Wildman–Crippen LogP) is 3.44. The number of rotatable bonds is 6. The molecule has 0 saturated heterocycles. The monoisotopic (exact) mass is 430 g/mol. The van der Waals surface area contributed by atoms with Crippen LogP contribution in [0.1, 0.15) is 15.9 Å². The van der Waals surface area contributed by atoms with Crippen LogP contribution in [0, 0.1) is 10.1 Å². The number of carbonyl (C=O) groups is 2. The molecular weight excluding hydrogens is 417 g/mol. The summed E-state index contributed by atoms with van der Waals surface area (Å²) in [4.78, 5) is 35.1. The lowest BCUT2D eigenvalue weighted by Gasteiger charge is -2.19. The van der Waals surface area contributed by atoms with Crippen molar-refractivity contribution in [2.24, 2.45) is 5.73 Å². The minimum atomic E-state index is -4.70. The van der Waals surface area contributed by atoms with E-state index >= 15 is 0 Å². The fourth-order valence-corrected chi connectivity index (χ4v) is 2.69. The maximum atomic E-state index is 12.9. The largest absolute Gasteiger partial charge is 0.417 e. The van der Waals surface area contributed by atoms with Gasteiger partial charge in [-0.1, -0.05) is 11.6 Å². The number of carbonyl (C=O) groups excluding carboxylic acids is 2. The van der Waals surface area contributed by atoms with E-state index in [1.54, 1.807) is 0 Å². The zero-order valence-electron chi connectivity index (χ0n) is 14.8. The van der Waals surface area contributed by atoms with Gasteiger partial charge in [0.05, 0.1) is 22.1 Å². The van der Waals surface area contributed by atoms with Gasteiger partial charge in [-0.25, -0.2) is 0 Å². The van der Waals surface area contributed by atoms with E-state index in [4.69, 9.17) is 17.3 Å². The van der Waals surface area contributed by atoms with Crippen molar-refractivity contribution >= 4 is 40.5 Å². The van der Waals surface area contributed by atoms with Gasteiger partial charge in [-0.2, -0.15) is 13.2 Å². The number of nitrogens with one attached hydrogen (secondary N) is 1. The summed E-state index contributed by atoms with van der Waals surface area (Å²) < 4.78 is 38.7. The molecule has 154 valence electrons. The third kappa shape index (κ3) is 5.35. The van der Waals surface area contributed by atoms with Crippen LogP contribution >= 0.6 is 11.6 Å². The van der Waals surface area contributed by atoms with E-state index in [0.29, 0.717) is 6.07 Å². The summed E-state index contributed by atoms with van der Waals surface area (Å²) in [5, 5.41) is 13.0. The number of benzene rings is 2. The van der Waals surface area contributed by atoms with Gasteiger partial charge in [-0.3, -0.25) is 19.7 Å². The molecule has 0 aliphatic heterocycles. The molecule has 0 spiro atoms. The second-order valence-electron chi connectivity index (χ2n) is 5.92. The topological polar surface area (TPSA) is 119 Å². The fraction of sp³-hybridized carbons (Fsp3) is 0.176. The molecule has 0 aromatic heterocycles. The van der Waals surface area contributed by atoms with Crippen LogP contribution in [-0.4, -0.2) is 30.3 Å². The molecule has 0 heterocycles. The van der Waals surface area contributed by atoms with Gasteiger partial charge in [0, 0.05) is 24.4 Å². The molecule has 0 fully saturated rings. The van der Waals surface area contributed by atoms with Crippen LogP contribution in [0.2, 0.25) is 5.02 Å². The number of anilines is 2. The van der Waals surface area contributed by atoms with Crippen molar-refractivity contribution in [3.05, 3.63) is 62.7 Å². The van der Waals surface area contributed by atoms with Crippen molar-refractivity contribution in [2.75, 3.05) is 23.8 Å². The third-order valence-electron chi connectivity index (χ3n) is 3.80. The zero-order chi connectivity index (χ0) is 21.9. The summed E-state index contributed by atoms with van der Waals surface area (Å²) in [6.07, 6.45) is -4.70. The van der Waals surface area contributed by atoms with Crippen LogP contribution < -0.4 is 16.0 Å². The average Bonchev–Trinajstić information content (AvgIpc) is 2.61. The fourth-order valence-electron chi connectivity index (χ4n) is 2.47. The number of primary amides is 1. The quantitative estimate of drug-likeness (QED) is 0.537. The third-order valence-corrected chi connectivity index (χ3v) is 4.13. The molecule has 2 aromatic rings. The first-order valence-corrected chi connectivity index (χ1v) is 8.24. The molecule has 12 heteroatoms. The first-order valence-electron chi connectivity index (χ1n) is 7.86. The molecule has 0 aliphatic carbocycles. The van der Waals surface area contributed by atoms with Crippen molar-refractivity contribution in [1.29, 1.82) is 0 Å². The van der Waals surface area contributed by atoms with Crippen molar-refractivity contribution < 1.29 is 27.7 Å². The lowest BCUT2D eigenvalue weighted by atomic mass is 10.1. The molecular formula is C17H14ClF3N4O4. The first kappa shape index (κ1) is 22.0. The Kier molecular flexibility index (Phi) is 6.32. The molecule has 3 N–H and O–H groups in total. The van der Waals surface area contributed by atoms with Gasteiger partial charge in [-0.15, -0.1) is 0 Å². The van der Waals surface area contributed by atoms with Crippen molar-refractivity contribution in [3.8, 4) is 0 Å². The molecule has 2 rings (SSSR count). The maximum Gasteiger partial charge on any atom is 0.417 e. The molecule has 8 nitrogen and oxygen atoms in total. The molecule has 0 bridgehead atoms. The van der Waals surface area contributed by atoms with E-state index in [0.717, 1.165) is 12.1 Å². The first-order chi connectivity index (χ1) is 13.4. The highest BCUT2D eigenvalue weighted by Gasteiger charge is 2.33. The highest BCUT2D eigenvalue weighted by atomic mass is 35.5. The number of hydrogen-bond acceptors (Lipinski definition) is 5. The minimum absolute atomic E-state index is 0.0160. The van der Waals surface area contributed by atoms with E-state index in [-0.39, 0.29) is 16.9 Å². The van der Waals surface area contributed by atoms with Gasteiger partial charge >= 0.3 is 6.18 Å². The summed E-state index contributed by atoms with van der Waals surface area (Å²) in [6, 6.07) is 6.35. The van der Waals surface area contributed by atoms with E-state index in [2.05, 4.69) is 5.32 Å². The predicted molar refractivity (Wildman–Crippen MR) is 100.0 cm³/mol. The second kappa shape index (κ2) is 8.35. The summed E-state index contributed by atoms with van der Waals surface area (Å²) >= 11 is 5.53. The Labute approximate surface area is 167 Å². The number of nitrogens with two attached hydrogens (primary N) is 1. The highest BCUT2D eigenvalue weighted by Crippen LogP contribution is 2.36. The summed E-state index contributed by atoms with van der Waals surface area (Å²) in [5.74, 6) is -1.58. The van der Waals surface area contributed by atoms with Crippen molar-refractivity contribution in [1.82, 2.24) is 0 Å². The number of nitro groups is 1. The number of nitro benzene ring substituents is 1. The van der Waals surface area contributed by atoms with Crippen LogP contribution in [0.5, 0.6) is 0 Å².